The summed E-state index contributed by atoms with van der Waals surface area (Å²) in [6.45, 7) is 0. The quantitative estimate of drug-likeness (QED) is 0.607. The van der Waals surface area contributed by atoms with Crippen LogP contribution >= 0.6 is 22.9 Å². The number of fused-ring (bicyclic) bond motifs is 1. The molecular weight excluding hydrogens is 230 g/mol. The predicted octanol–water partition coefficient (Wildman–Crippen LogP) is 3.11. The van der Waals surface area contributed by atoms with Crippen LogP contribution in [0.1, 0.15) is 0 Å². The van der Waals surface area contributed by atoms with Gasteiger partial charge in [-0.15, -0.1) is 0 Å². The summed E-state index contributed by atoms with van der Waals surface area (Å²) in [5, 5.41) is 8.70. The van der Waals surface area contributed by atoms with Crippen LogP contribution in [0.2, 0.25) is 5.15 Å². The van der Waals surface area contributed by atoms with Crippen LogP contribution in [0.5, 0.6) is 0 Å². The average Bonchev–Trinajstić information content (AvgIpc) is 2.85. The van der Waals surface area contributed by atoms with Crippen molar-refractivity contribution in [1.29, 1.82) is 0 Å². The van der Waals surface area contributed by atoms with Crippen LogP contribution in [0.4, 0.5) is 0 Å². The van der Waals surface area contributed by atoms with Gasteiger partial charge in [0, 0.05) is 17.8 Å². The highest BCUT2D eigenvalue weighted by molar-refractivity contribution is 7.08. The molecule has 3 aromatic heterocycles. The van der Waals surface area contributed by atoms with Crippen LogP contribution in [-0.4, -0.2) is 14.6 Å². The molecule has 0 fully saturated rings. The molecule has 0 saturated carbocycles. The highest BCUT2D eigenvalue weighted by Gasteiger charge is 2.07. The minimum atomic E-state index is 0.515. The van der Waals surface area contributed by atoms with Gasteiger partial charge in [-0.1, -0.05) is 11.6 Å². The number of rotatable bonds is 1. The zero-order valence-electron chi connectivity index (χ0n) is 7.59. The fourth-order valence-corrected chi connectivity index (χ4v) is 2.34. The first-order chi connectivity index (χ1) is 7.34. The second-order valence-electron chi connectivity index (χ2n) is 3.09. The maximum absolute atomic E-state index is 6.10. The molecule has 3 nitrogen and oxygen atoms in total. The van der Waals surface area contributed by atoms with E-state index in [4.69, 9.17) is 11.6 Å². The first-order valence-corrected chi connectivity index (χ1v) is 5.69. The SMILES string of the molecule is Clc1nc2ccnn2cc1-c1ccsc1. The molecule has 0 atom stereocenters. The number of hydrogen-bond acceptors (Lipinski definition) is 3. The molecule has 0 spiro atoms. The molecule has 0 unspecified atom stereocenters. The molecule has 74 valence electrons. The van der Waals surface area contributed by atoms with Gasteiger partial charge in [0.2, 0.25) is 0 Å². The van der Waals surface area contributed by atoms with Crippen LogP contribution in [-0.2, 0) is 0 Å². The van der Waals surface area contributed by atoms with Crippen molar-refractivity contribution in [3.8, 4) is 11.1 Å². The summed E-state index contributed by atoms with van der Waals surface area (Å²) in [7, 11) is 0. The van der Waals surface area contributed by atoms with Gasteiger partial charge in [-0.3, -0.25) is 0 Å². The Morgan fingerprint density at radius 2 is 2.27 bits per heavy atom. The van der Waals surface area contributed by atoms with Crippen molar-refractivity contribution >= 4 is 28.6 Å². The third-order valence-electron chi connectivity index (χ3n) is 2.17. The number of hydrogen-bond donors (Lipinski definition) is 0. The fourth-order valence-electron chi connectivity index (χ4n) is 1.44. The van der Waals surface area contributed by atoms with E-state index in [1.165, 1.54) is 0 Å². The Morgan fingerprint density at radius 3 is 3.07 bits per heavy atom. The van der Waals surface area contributed by atoms with Crippen molar-refractivity contribution in [1.82, 2.24) is 14.6 Å². The second kappa shape index (κ2) is 3.32. The summed E-state index contributed by atoms with van der Waals surface area (Å²) in [4.78, 5) is 4.26. The normalized spacial score (nSPS) is 11.0. The number of thiophene rings is 1. The summed E-state index contributed by atoms with van der Waals surface area (Å²) in [6.07, 6.45) is 3.60. The number of aromatic nitrogens is 3. The van der Waals surface area contributed by atoms with Gasteiger partial charge in [-0.2, -0.15) is 16.4 Å². The molecule has 3 heterocycles. The lowest BCUT2D eigenvalue weighted by Gasteiger charge is -2.01. The minimum absolute atomic E-state index is 0.515. The van der Waals surface area contributed by atoms with Gasteiger partial charge in [0.05, 0.1) is 6.20 Å². The zero-order valence-corrected chi connectivity index (χ0v) is 9.16. The van der Waals surface area contributed by atoms with Gasteiger partial charge >= 0.3 is 0 Å². The molecule has 0 bridgehead atoms. The number of halogens is 1. The van der Waals surface area contributed by atoms with Gasteiger partial charge in [0.1, 0.15) is 5.15 Å². The molecule has 3 rings (SSSR count). The van der Waals surface area contributed by atoms with Gasteiger partial charge in [-0.25, -0.2) is 9.50 Å². The van der Waals surface area contributed by atoms with E-state index in [2.05, 4.69) is 10.1 Å². The standard InChI is InChI=1S/C10H6ClN3S/c11-10-8(7-2-4-15-6-7)5-14-9(13-10)1-3-12-14/h1-6H. The monoisotopic (exact) mass is 235 g/mol. The molecule has 15 heavy (non-hydrogen) atoms. The smallest absolute Gasteiger partial charge is 0.156 e. The third-order valence-corrected chi connectivity index (χ3v) is 3.14. The van der Waals surface area contributed by atoms with E-state index in [1.807, 2.05) is 29.1 Å². The van der Waals surface area contributed by atoms with Crippen LogP contribution in [0.15, 0.2) is 35.3 Å². The first-order valence-electron chi connectivity index (χ1n) is 4.37. The topological polar surface area (TPSA) is 30.2 Å². The molecule has 3 aromatic rings. The Hall–Kier alpha value is -1.39. The molecule has 0 N–H and O–H groups in total. The summed E-state index contributed by atoms with van der Waals surface area (Å²) in [5.74, 6) is 0. The van der Waals surface area contributed by atoms with Crippen LogP contribution in [0, 0.1) is 0 Å². The summed E-state index contributed by atoms with van der Waals surface area (Å²) in [6, 6.07) is 3.84. The Labute approximate surface area is 95.0 Å². The van der Waals surface area contributed by atoms with Gasteiger partial charge in [0.15, 0.2) is 5.65 Å². The largest absolute Gasteiger partial charge is 0.222 e. The van der Waals surface area contributed by atoms with E-state index in [9.17, 15) is 0 Å². The van der Waals surface area contributed by atoms with E-state index in [-0.39, 0.29) is 0 Å². The van der Waals surface area contributed by atoms with E-state index >= 15 is 0 Å². The Balaban J connectivity index is 2.30. The lowest BCUT2D eigenvalue weighted by Crippen LogP contribution is -1.92. The van der Waals surface area contributed by atoms with E-state index in [0.29, 0.717) is 5.15 Å². The summed E-state index contributed by atoms with van der Waals surface area (Å²) in [5.41, 5.74) is 2.75. The Kier molecular flexibility index (Phi) is 1.97. The highest BCUT2D eigenvalue weighted by Crippen LogP contribution is 2.28. The van der Waals surface area contributed by atoms with Crippen LogP contribution in [0.25, 0.3) is 16.8 Å². The molecule has 0 aliphatic rings. The van der Waals surface area contributed by atoms with Crippen LogP contribution < -0.4 is 0 Å². The van der Waals surface area contributed by atoms with Crippen molar-refractivity contribution in [2.45, 2.75) is 0 Å². The second-order valence-corrected chi connectivity index (χ2v) is 4.23. The van der Waals surface area contributed by atoms with Gasteiger partial charge in [0.25, 0.3) is 0 Å². The lowest BCUT2D eigenvalue weighted by atomic mass is 10.2. The first kappa shape index (κ1) is 8.88. The predicted molar refractivity (Wildman–Crippen MR) is 61.3 cm³/mol. The Bertz CT molecular complexity index is 600. The van der Waals surface area contributed by atoms with Crippen LogP contribution in [0.3, 0.4) is 0 Å². The zero-order chi connectivity index (χ0) is 10.3. The molecule has 0 aliphatic heterocycles. The molecule has 0 aliphatic carbocycles. The maximum Gasteiger partial charge on any atom is 0.156 e. The van der Waals surface area contributed by atoms with E-state index < -0.39 is 0 Å². The molecule has 0 saturated heterocycles. The average molecular weight is 236 g/mol. The van der Waals surface area contributed by atoms with Crippen molar-refractivity contribution in [3.05, 3.63) is 40.4 Å². The molecular formula is C10H6ClN3S. The summed E-state index contributed by atoms with van der Waals surface area (Å²) < 4.78 is 1.72. The summed E-state index contributed by atoms with van der Waals surface area (Å²) >= 11 is 7.74. The Morgan fingerprint density at radius 1 is 1.33 bits per heavy atom. The van der Waals surface area contributed by atoms with Gasteiger partial charge in [-0.05, 0) is 22.4 Å². The third kappa shape index (κ3) is 1.42. The fraction of sp³-hybridized carbons (Fsp3) is 0. The van der Waals surface area contributed by atoms with E-state index in [1.54, 1.807) is 22.0 Å². The van der Waals surface area contributed by atoms with Crippen molar-refractivity contribution in [2.24, 2.45) is 0 Å². The lowest BCUT2D eigenvalue weighted by molar-refractivity contribution is 0.942. The number of nitrogens with zero attached hydrogens (tertiary/aromatic N) is 3. The van der Waals surface area contributed by atoms with E-state index in [0.717, 1.165) is 16.8 Å². The molecule has 5 heteroatoms. The minimum Gasteiger partial charge on any atom is -0.222 e. The van der Waals surface area contributed by atoms with Crippen molar-refractivity contribution in [2.75, 3.05) is 0 Å². The molecule has 0 amide bonds. The van der Waals surface area contributed by atoms with Crippen molar-refractivity contribution in [3.63, 3.8) is 0 Å². The van der Waals surface area contributed by atoms with Crippen molar-refractivity contribution < 1.29 is 0 Å². The molecule has 0 aromatic carbocycles. The maximum atomic E-state index is 6.10. The van der Waals surface area contributed by atoms with Gasteiger partial charge < -0.3 is 0 Å². The molecule has 0 radical (unpaired) electrons. The highest BCUT2D eigenvalue weighted by atomic mass is 35.5.